The monoisotopic (exact) mass is 281 g/mol. The van der Waals surface area contributed by atoms with Crippen LogP contribution in [-0.4, -0.2) is 14.8 Å². The van der Waals surface area contributed by atoms with Crippen LogP contribution in [0.25, 0.3) is 11.4 Å². The summed E-state index contributed by atoms with van der Waals surface area (Å²) in [6.07, 6.45) is 0. The number of hydrogen-bond acceptors (Lipinski definition) is 2. The maximum atomic E-state index is 6.16. The van der Waals surface area contributed by atoms with Gasteiger partial charge in [-0.2, -0.15) is 5.10 Å². The smallest absolute Gasteiger partial charge is 0.195 e. The summed E-state index contributed by atoms with van der Waals surface area (Å²) in [5.41, 5.74) is 2.05. The summed E-state index contributed by atoms with van der Waals surface area (Å²) in [5, 5.41) is 7.94. The molecule has 0 amide bonds. The van der Waals surface area contributed by atoms with Gasteiger partial charge in [0.1, 0.15) is 0 Å². The number of aromatic nitrogens is 3. The van der Waals surface area contributed by atoms with Crippen LogP contribution in [0.2, 0.25) is 5.02 Å². The Morgan fingerprint density at radius 3 is 2.83 bits per heavy atom. The van der Waals surface area contributed by atoms with Crippen LogP contribution in [0.5, 0.6) is 0 Å². The molecule has 0 aliphatic heterocycles. The number of nitrogens with one attached hydrogen (secondary N) is 1. The van der Waals surface area contributed by atoms with Gasteiger partial charge in [-0.15, -0.1) is 0 Å². The van der Waals surface area contributed by atoms with E-state index in [1.807, 2.05) is 29.7 Å². The molecule has 3 nitrogen and oxygen atoms in total. The zero-order valence-corrected chi connectivity index (χ0v) is 12.3. The lowest BCUT2D eigenvalue weighted by atomic mass is 10.1. The molecular weight excluding hydrogens is 266 g/mol. The van der Waals surface area contributed by atoms with Crippen LogP contribution in [0.4, 0.5) is 0 Å². The number of nitrogens with zero attached hydrogens (tertiary/aromatic N) is 2. The Kier molecular flexibility index (Phi) is 3.88. The second kappa shape index (κ2) is 5.24. The first-order chi connectivity index (χ1) is 8.50. The highest BCUT2D eigenvalue weighted by Crippen LogP contribution is 2.27. The standard InChI is InChI=1S/C13H16ClN3S/c1-8(2)7-17-12(15-16-13(17)18)10-5-4-6-11(14)9(10)3/h4-6,8H,7H2,1-3H3,(H,16,18). The summed E-state index contributed by atoms with van der Waals surface area (Å²) >= 11 is 11.4. The summed E-state index contributed by atoms with van der Waals surface area (Å²) in [7, 11) is 0. The third-order valence-corrected chi connectivity index (χ3v) is 3.54. The summed E-state index contributed by atoms with van der Waals surface area (Å²) in [6, 6.07) is 5.83. The van der Waals surface area contributed by atoms with Crippen LogP contribution < -0.4 is 0 Å². The van der Waals surface area contributed by atoms with E-state index in [0.29, 0.717) is 10.7 Å². The molecule has 18 heavy (non-hydrogen) atoms. The van der Waals surface area contributed by atoms with Gasteiger partial charge in [-0.1, -0.05) is 37.6 Å². The maximum absolute atomic E-state index is 6.16. The lowest BCUT2D eigenvalue weighted by Crippen LogP contribution is -2.07. The van der Waals surface area contributed by atoms with E-state index in [4.69, 9.17) is 23.8 Å². The fourth-order valence-corrected chi connectivity index (χ4v) is 2.29. The molecule has 0 aliphatic carbocycles. The number of benzene rings is 1. The SMILES string of the molecule is Cc1c(Cl)cccc1-c1n[nH]c(=S)n1CC(C)C. The maximum Gasteiger partial charge on any atom is 0.195 e. The molecule has 1 N–H and O–H groups in total. The van der Waals surface area contributed by atoms with Crippen molar-refractivity contribution in [2.45, 2.75) is 27.3 Å². The minimum absolute atomic E-state index is 0.507. The third kappa shape index (κ3) is 2.49. The number of hydrogen-bond donors (Lipinski definition) is 1. The van der Waals surface area contributed by atoms with Crippen molar-refractivity contribution in [3.8, 4) is 11.4 Å². The van der Waals surface area contributed by atoms with Gasteiger partial charge in [0.2, 0.25) is 0 Å². The number of H-pyrrole nitrogens is 1. The molecule has 0 aliphatic rings. The van der Waals surface area contributed by atoms with Crippen LogP contribution in [0.15, 0.2) is 18.2 Å². The number of halogens is 1. The van der Waals surface area contributed by atoms with Crippen LogP contribution in [-0.2, 0) is 6.54 Å². The van der Waals surface area contributed by atoms with Crippen molar-refractivity contribution >= 4 is 23.8 Å². The van der Waals surface area contributed by atoms with Crippen molar-refractivity contribution in [1.29, 1.82) is 0 Å². The quantitative estimate of drug-likeness (QED) is 0.855. The molecule has 2 rings (SSSR count). The summed E-state index contributed by atoms with van der Waals surface area (Å²) in [4.78, 5) is 0. The van der Waals surface area contributed by atoms with Gasteiger partial charge < -0.3 is 0 Å². The van der Waals surface area contributed by atoms with Crippen molar-refractivity contribution < 1.29 is 0 Å². The van der Waals surface area contributed by atoms with Crippen molar-refractivity contribution in [1.82, 2.24) is 14.8 Å². The number of rotatable bonds is 3. The van der Waals surface area contributed by atoms with E-state index >= 15 is 0 Å². The Balaban J connectivity index is 2.58. The molecule has 5 heteroatoms. The molecule has 0 atom stereocenters. The third-order valence-electron chi connectivity index (χ3n) is 2.81. The van der Waals surface area contributed by atoms with Crippen molar-refractivity contribution in [2.75, 3.05) is 0 Å². The molecule has 0 saturated carbocycles. The van der Waals surface area contributed by atoms with E-state index in [1.54, 1.807) is 0 Å². The second-order valence-electron chi connectivity index (χ2n) is 4.77. The van der Waals surface area contributed by atoms with Crippen molar-refractivity contribution in [3.63, 3.8) is 0 Å². The van der Waals surface area contributed by atoms with E-state index in [1.165, 1.54) is 0 Å². The Morgan fingerprint density at radius 1 is 1.44 bits per heavy atom. The highest BCUT2D eigenvalue weighted by Gasteiger charge is 2.13. The molecule has 2 aromatic rings. The summed E-state index contributed by atoms with van der Waals surface area (Å²) in [6.45, 7) is 7.15. The van der Waals surface area contributed by atoms with Gasteiger partial charge in [0.25, 0.3) is 0 Å². The lowest BCUT2D eigenvalue weighted by Gasteiger charge is -2.11. The number of aromatic amines is 1. The molecule has 0 fully saturated rings. The molecule has 0 spiro atoms. The first kappa shape index (κ1) is 13.3. The zero-order valence-electron chi connectivity index (χ0n) is 10.7. The van der Waals surface area contributed by atoms with Gasteiger partial charge in [-0.3, -0.25) is 9.67 Å². The van der Waals surface area contributed by atoms with Gasteiger partial charge in [-0.05, 0) is 36.7 Å². The zero-order chi connectivity index (χ0) is 13.3. The Bertz CT molecular complexity index is 613. The molecule has 1 aromatic heterocycles. The van der Waals surface area contributed by atoms with E-state index in [0.717, 1.165) is 28.5 Å². The normalized spacial score (nSPS) is 11.2. The van der Waals surface area contributed by atoms with Crippen LogP contribution in [0, 0.1) is 17.6 Å². The van der Waals surface area contributed by atoms with Crippen LogP contribution in [0.1, 0.15) is 19.4 Å². The highest BCUT2D eigenvalue weighted by molar-refractivity contribution is 7.71. The van der Waals surface area contributed by atoms with Gasteiger partial charge in [-0.25, -0.2) is 0 Å². The van der Waals surface area contributed by atoms with Gasteiger partial charge in [0, 0.05) is 17.1 Å². The van der Waals surface area contributed by atoms with Crippen LogP contribution >= 0.6 is 23.8 Å². The Morgan fingerprint density at radius 2 is 2.17 bits per heavy atom. The average molecular weight is 282 g/mol. The van der Waals surface area contributed by atoms with Gasteiger partial charge in [0.15, 0.2) is 10.6 Å². The fourth-order valence-electron chi connectivity index (χ4n) is 1.91. The highest BCUT2D eigenvalue weighted by atomic mass is 35.5. The van der Waals surface area contributed by atoms with E-state index < -0.39 is 0 Å². The summed E-state index contributed by atoms with van der Waals surface area (Å²) < 4.78 is 2.68. The molecule has 0 saturated heterocycles. The second-order valence-corrected chi connectivity index (χ2v) is 5.56. The molecular formula is C13H16ClN3S. The predicted octanol–water partition coefficient (Wildman–Crippen LogP) is 4.23. The first-order valence-corrected chi connectivity index (χ1v) is 6.70. The lowest BCUT2D eigenvalue weighted by molar-refractivity contribution is 0.521. The largest absolute Gasteiger partial charge is 0.300 e. The van der Waals surface area contributed by atoms with E-state index in [-0.39, 0.29) is 0 Å². The topological polar surface area (TPSA) is 33.6 Å². The van der Waals surface area contributed by atoms with E-state index in [2.05, 4.69) is 24.0 Å². The van der Waals surface area contributed by atoms with Crippen molar-refractivity contribution in [3.05, 3.63) is 33.6 Å². The summed E-state index contributed by atoms with van der Waals surface area (Å²) in [5.74, 6) is 1.36. The average Bonchev–Trinajstić information content (AvgIpc) is 2.64. The Hall–Kier alpha value is -1.13. The van der Waals surface area contributed by atoms with E-state index in [9.17, 15) is 0 Å². The van der Waals surface area contributed by atoms with Crippen LogP contribution in [0.3, 0.4) is 0 Å². The molecule has 0 unspecified atom stereocenters. The molecule has 1 heterocycles. The minimum atomic E-state index is 0.507. The van der Waals surface area contributed by atoms with Gasteiger partial charge >= 0.3 is 0 Å². The first-order valence-electron chi connectivity index (χ1n) is 5.91. The van der Waals surface area contributed by atoms with Gasteiger partial charge in [0.05, 0.1) is 0 Å². The predicted molar refractivity (Wildman–Crippen MR) is 77.4 cm³/mol. The molecule has 0 radical (unpaired) electrons. The minimum Gasteiger partial charge on any atom is -0.300 e. The molecule has 0 bridgehead atoms. The fraction of sp³-hybridized carbons (Fsp3) is 0.385. The molecule has 96 valence electrons. The Labute approximate surface area is 117 Å². The van der Waals surface area contributed by atoms with Crippen molar-refractivity contribution in [2.24, 2.45) is 5.92 Å². The molecule has 1 aromatic carbocycles.